The minimum atomic E-state index is -0.271. The number of ketones is 1. The number of rotatable bonds is 6. The van der Waals surface area contributed by atoms with Crippen molar-refractivity contribution < 1.29 is 4.79 Å². The number of carbonyl (C=O) groups is 1. The quantitative estimate of drug-likeness (QED) is 0.423. The first-order valence-electron chi connectivity index (χ1n) is 8.49. The van der Waals surface area contributed by atoms with Gasteiger partial charge in [-0.3, -0.25) is 4.79 Å². The molecule has 1 unspecified atom stereocenters. The van der Waals surface area contributed by atoms with E-state index < -0.39 is 0 Å². The SMILES string of the molecule is Cc1ccc(C(=O)CC(Nc2cccc(Cl)c2)c2ccc(Cl)c(Cl)c2)cc1. The first kappa shape index (κ1) is 19.8. The molecule has 0 saturated heterocycles. The van der Waals surface area contributed by atoms with E-state index in [1.165, 1.54) is 0 Å². The molecular formula is C22H18Cl3NO. The topological polar surface area (TPSA) is 29.1 Å². The largest absolute Gasteiger partial charge is 0.378 e. The van der Waals surface area contributed by atoms with Crippen molar-refractivity contribution >= 4 is 46.3 Å². The summed E-state index contributed by atoms with van der Waals surface area (Å²) in [5.41, 5.74) is 3.50. The summed E-state index contributed by atoms with van der Waals surface area (Å²) < 4.78 is 0. The van der Waals surface area contributed by atoms with Crippen LogP contribution in [-0.2, 0) is 0 Å². The summed E-state index contributed by atoms with van der Waals surface area (Å²) >= 11 is 18.3. The minimum Gasteiger partial charge on any atom is -0.378 e. The van der Waals surface area contributed by atoms with Crippen molar-refractivity contribution in [3.05, 3.63) is 98.5 Å². The van der Waals surface area contributed by atoms with E-state index in [1.807, 2.05) is 55.5 Å². The maximum atomic E-state index is 12.8. The molecule has 1 atom stereocenters. The molecule has 0 bridgehead atoms. The average molecular weight is 419 g/mol. The molecular weight excluding hydrogens is 401 g/mol. The molecule has 0 aliphatic rings. The fourth-order valence-corrected chi connectivity index (χ4v) is 3.30. The van der Waals surface area contributed by atoms with Gasteiger partial charge in [-0.1, -0.05) is 76.8 Å². The second-order valence-electron chi connectivity index (χ2n) is 6.37. The number of Topliss-reactive ketones (excluding diaryl/α,β-unsaturated/α-hetero) is 1. The first-order valence-corrected chi connectivity index (χ1v) is 9.62. The molecule has 0 aliphatic carbocycles. The van der Waals surface area contributed by atoms with Crippen LogP contribution < -0.4 is 5.32 Å². The number of aryl methyl sites for hydroxylation is 1. The number of anilines is 1. The van der Waals surface area contributed by atoms with Crippen LogP contribution in [-0.4, -0.2) is 5.78 Å². The van der Waals surface area contributed by atoms with Crippen molar-refractivity contribution in [1.82, 2.24) is 0 Å². The van der Waals surface area contributed by atoms with Crippen molar-refractivity contribution in [3.63, 3.8) is 0 Å². The second-order valence-corrected chi connectivity index (χ2v) is 7.62. The Balaban J connectivity index is 1.89. The maximum Gasteiger partial charge on any atom is 0.165 e. The van der Waals surface area contributed by atoms with Crippen molar-refractivity contribution in [1.29, 1.82) is 0 Å². The molecule has 0 aliphatic heterocycles. The van der Waals surface area contributed by atoms with Gasteiger partial charge in [0.1, 0.15) is 0 Å². The number of nitrogens with one attached hydrogen (secondary N) is 1. The lowest BCUT2D eigenvalue weighted by molar-refractivity contribution is 0.0976. The van der Waals surface area contributed by atoms with E-state index in [0.29, 0.717) is 20.6 Å². The van der Waals surface area contributed by atoms with Crippen molar-refractivity contribution in [3.8, 4) is 0 Å². The fourth-order valence-electron chi connectivity index (χ4n) is 2.80. The van der Waals surface area contributed by atoms with Crippen LogP contribution >= 0.6 is 34.8 Å². The van der Waals surface area contributed by atoms with Gasteiger partial charge in [0.2, 0.25) is 0 Å². The summed E-state index contributed by atoms with van der Waals surface area (Å²) in [6, 6.07) is 20.1. The van der Waals surface area contributed by atoms with E-state index in [1.54, 1.807) is 18.2 Å². The molecule has 0 radical (unpaired) electrons. The zero-order valence-electron chi connectivity index (χ0n) is 14.7. The lowest BCUT2D eigenvalue weighted by Crippen LogP contribution is -2.16. The van der Waals surface area contributed by atoms with Crippen molar-refractivity contribution in [2.45, 2.75) is 19.4 Å². The lowest BCUT2D eigenvalue weighted by Gasteiger charge is -2.21. The molecule has 3 rings (SSSR count). The third-order valence-electron chi connectivity index (χ3n) is 4.27. The van der Waals surface area contributed by atoms with Gasteiger partial charge in [-0.05, 0) is 42.8 Å². The Morgan fingerprint density at radius 2 is 1.67 bits per heavy atom. The first-order chi connectivity index (χ1) is 12.9. The number of carbonyl (C=O) groups excluding carboxylic acids is 1. The van der Waals surface area contributed by atoms with E-state index in [9.17, 15) is 4.79 Å². The predicted octanol–water partition coefficient (Wildman–Crippen LogP) is 7.38. The standard InChI is InChI=1S/C22H18Cl3NO/c1-14-5-7-15(8-6-14)22(27)13-21(16-9-10-19(24)20(25)11-16)26-18-4-2-3-17(23)12-18/h2-12,21,26H,13H2,1H3. The van der Waals surface area contributed by atoms with E-state index >= 15 is 0 Å². The molecule has 0 fully saturated rings. The van der Waals surface area contributed by atoms with Gasteiger partial charge in [-0.15, -0.1) is 0 Å². The highest BCUT2D eigenvalue weighted by molar-refractivity contribution is 6.42. The molecule has 2 nitrogen and oxygen atoms in total. The van der Waals surface area contributed by atoms with Crippen molar-refractivity contribution in [2.24, 2.45) is 0 Å². The van der Waals surface area contributed by atoms with Crippen LogP contribution in [0.1, 0.15) is 33.9 Å². The molecule has 0 spiro atoms. The molecule has 138 valence electrons. The van der Waals surface area contributed by atoms with Crippen LogP contribution in [0.25, 0.3) is 0 Å². The Morgan fingerprint density at radius 1 is 0.926 bits per heavy atom. The Morgan fingerprint density at radius 3 is 2.33 bits per heavy atom. The summed E-state index contributed by atoms with van der Waals surface area (Å²) in [6.45, 7) is 1.99. The van der Waals surface area contributed by atoms with Gasteiger partial charge in [-0.25, -0.2) is 0 Å². The Labute approximate surface area is 174 Å². The van der Waals surface area contributed by atoms with E-state index in [-0.39, 0.29) is 18.2 Å². The third kappa shape index (κ3) is 5.26. The monoisotopic (exact) mass is 417 g/mol. The highest BCUT2D eigenvalue weighted by atomic mass is 35.5. The minimum absolute atomic E-state index is 0.0422. The van der Waals surface area contributed by atoms with Gasteiger partial charge >= 0.3 is 0 Å². The van der Waals surface area contributed by atoms with Crippen molar-refractivity contribution in [2.75, 3.05) is 5.32 Å². The van der Waals surface area contributed by atoms with Crippen LogP contribution in [0, 0.1) is 6.92 Å². The summed E-state index contributed by atoms with van der Waals surface area (Å²) in [7, 11) is 0. The van der Waals surface area contributed by atoms with Crippen LogP contribution in [0.4, 0.5) is 5.69 Å². The summed E-state index contributed by atoms with van der Waals surface area (Å²) in [6.07, 6.45) is 0.271. The zero-order valence-corrected chi connectivity index (χ0v) is 16.9. The Hall–Kier alpha value is -2.00. The second kappa shape index (κ2) is 8.79. The predicted molar refractivity (Wildman–Crippen MR) is 114 cm³/mol. The molecule has 5 heteroatoms. The Bertz CT molecular complexity index is 954. The van der Waals surface area contributed by atoms with Crippen LogP contribution in [0.2, 0.25) is 15.1 Å². The Kier molecular flexibility index (Phi) is 6.43. The lowest BCUT2D eigenvalue weighted by atomic mass is 9.97. The maximum absolute atomic E-state index is 12.8. The normalized spacial score (nSPS) is 11.9. The average Bonchev–Trinajstić information content (AvgIpc) is 2.64. The fraction of sp³-hybridized carbons (Fsp3) is 0.136. The number of hydrogen-bond donors (Lipinski definition) is 1. The highest BCUT2D eigenvalue weighted by Gasteiger charge is 2.18. The molecule has 0 saturated carbocycles. The molecule has 3 aromatic rings. The smallest absolute Gasteiger partial charge is 0.165 e. The van der Waals surface area contributed by atoms with Gasteiger partial charge in [0, 0.05) is 22.7 Å². The van der Waals surface area contributed by atoms with Crippen LogP contribution in [0.5, 0.6) is 0 Å². The van der Waals surface area contributed by atoms with Gasteiger partial charge < -0.3 is 5.32 Å². The van der Waals surface area contributed by atoms with Gasteiger partial charge in [0.25, 0.3) is 0 Å². The summed E-state index contributed by atoms with van der Waals surface area (Å²) in [5.74, 6) is 0.0422. The number of hydrogen-bond acceptors (Lipinski definition) is 2. The van der Waals surface area contributed by atoms with Crippen LogP contribution in [0.15, 0.2) is 66.7 Å². The van der Waals surface area contributed by atoms with Gasteiger partial charge in [0.15, 0.2) is 5.78 Å². The summed E-state index contributed by atoms with van der Waals surface area (Å²) in [5, 5.41) is 4.94. The zero-order chi connectivity index (χ0) is 19.4. The van der Waals surface area contributed by atoms with Gasteiger partial charge in [0.05, 0.1) is 16.1 Å². The molecule has 0 heterocycles. The van der Waals surface area contributed by atoms with E-state index in [2.05, 4.69) is 5.32 Å². The molecule has 0 amide bonds. The highest BCUT2D eigenvalue weighted by Crippen LogP contribution is 2.30. The van der Waals surface area contributed by atoms with E-state index in [4.69, 9.17) is 34.8 Å². The van der Waals surface area contributed by atoms with Gasteiger partial charge in [-0.2, -0.15) is 0 Å². The van der Waals surface area contributed by atoms with Crippen LogP contribution in [0.3, 0.4) is 0 Å². The van der Waals surface area contributed by atoms with E-state index in [0.717, 1.165) is 16.8 Å². The number of benzene rings is 3. The molecule has 27 heavy (non-hydrogen) atoms. The molecule has 0 aromatic heterocycles. The molecule has 3 aromatic carbocycles. The third-order valence-corrected chi connectivity index (χ3v) is 5.25. The number of halogens is 3. The molecule has 1 N–H and O–H groups in total. The summed E-state index contributed by atoms with van der Waals surface area (Å²) in [4.78, 5) is 12.8.